The van der Waals surface area contributed by atoms with E-state index < -0.39 is 0 Å². The van der Waals surface area contributed by atoms with Crippen LogP contribution in [0.5, 0.6) is 5.75 Å². The molecule has 2 N–H and O–H groups in total. The Kier molecular flexibility index (Phi) is 6.36. The zero-order valence-electron chi connectivity index (χ0n) is 12.2. The second-order valence-electron chi connectivity index (χ2n) is 5.12. The van der Waals surface area contributed by atoms with E-state index >= 15 is 0 Å². The number of aryl methyl sites for hydroxylation is 1. The molecule has 1 amide bonds. The Hall–Kier alpha value is -1.55. The first-order chi connectivity index (χ1) is 9.02. The monoisotopic (exact) mass is 264 g/mol. The van der Waals surface area contributed by atoms with Crippen LogP contribution >= 0.6 is 0 Å². The van der Waals surface area contributed by atoms with Gasteiger partial charge in [-0.3, -0.25) is 4.79 Å². The molecule has 1 rings (SSSR count). The maximum atomic E-state index is 11.6. The molecule has 1 aromatic carbocycles. The summed E-state index contributed by atoms with van der Waals surface area (Å²) in [5.41, 5.74) is 2.25. The Morgan fingerprint density at radius 3 is 2.74 bits per heavy atom. The van der Waals surface area contributed by atoms with E-state index in [-0.39, 0.29) is 5.91 Å². The summed E-state index contributed by atoms with van der Waals surface area (Å²) in [6.45, 7) is 7.85. The van der Waals surface area contributed by atoms with Gasteiger partial charge in [0.1, 0.15) is 5.75 Å². The molecule has 0 aliphatic heterocycles. The third-order valence-corrected chi connectivity index (χ3v) is 2.74. The SMILES string of the molecule is COc1ccc(C)cc1CNCC(=O)NCC(C)C. The fourth-order valence-electron chi connectivity index (χ4n) is 1.74. The van der Waals surface area contributed by atoms with Crippen LogP contribution < -0.4 is 15.4 Å². The quantitative estimate of drug-likeness (QED) is 0.790. The molecule has 0 radical (unpaired) electrons. The molecule has 19 heavy (non-hydrogen) atoms. The number of carbonyl (C=O) groups excluding carboxylic acids is 1. The lowest BCUT2D eigenvalue weighted by molar-refractivity contribution is -0.120. The van der Waals surface area contributed by atoms with Gasteiger partial charge in [-0.05, 0) is 18.9 Å². The highest BCUT2D eigenvalue weighted by molar-refractivity contribution is 5.77. The van der Waals surface area contributed by atoms with Crippen LogP contribution in [0.4, 0.5) is 0 Å². The smallest absolute Gasteiger partial charge is 0.233 e. The van der Waals surface area contributed by atoms with Gasteiger partial charge in [-0.2, -0.15) is 0 Å². The highest BCUT2D eigenvalue weighted by atomic mass is 16.5. The average molecular weight is 264 g/mol. The summed E-state index contributed by atoms with van der Waals surface area (Å²) in [5, 5.41) is 6.01. The third-order valence-electron chi connectivity index (χ3n) is 2.74. The Morgan fingerprint density at radius 1 is 1.37 bits per heavy atom. The van der Waals surface area contributed by atoms with Crippen molar-refractivity contribution in [1.29, 1.82) is 0 Å². The average Bonchev–Trinajstić information content (AvgIpc) is 2.36. The summed E-state index contributed by atoms with van der Waals surface area (Å²) < 4.78 is 5.30. The molecule has 0 unspecified atom stereocenters. The van der Waals surface area contributed by atoms with Crippen molar-refractivity contribution < 1.29 is 9.53 Å². The first-order valence-electron chi connectivity index (χ1n) is 6.64. The first kappa shape index (κ1) is 15.5. The van der Waals surface area contributed by atoms with Gasteiger partial charge in [0.05, 0.1) is 13.7 Å². The summed E-state index contributed by atoms with van der Waals surface area (Å²) in [6, 6.07) is 6.03. The van der Waals surface area contributed by atoms with E-state index in [0.717, 1.165) is 11.3 Å². The first-order valence-corrected chi connectivity index (χ1v) is 6.64. The Balaban J connectivity index is 2.40. The molecule has 0 saturated heterocycles. The molecule has 4 heteroatoms. The highest BCUT2D eigenvalue weighted by Gasteiger charge is 2.05. The van der Waals surface area contributed by atoms with Crippen molar-refractivity contribution in [1.82, 2.24) is 10.6 Å². The second kappa shape index (κ2) is 7.79. The molecular weight excluding hydrogens is 240 g/mol. The normalized spacial score (nSPS) is 10.6. The van der Waals surface area contributed by atoms with Crippen molar-refractivity contribution in [2.75, 3.05) is 20.2 Å². The van der Waals surface area contributed by atoms with Gasteiger partial charge in [-0.15, -0.1) is 0 Å². The number of benzene rings is 1. The number of hydrogen-bond acceptors (Lipinski definition) is 3. The molecule has 0 aliphatic rings. The van der Waals surface area contributed by atoms with Gasteiger partial charge in [0.15, 0.2) is 0 Å². The van der Waals surface area contributed by atoms with E-state index in [4.69, 9.17) is 4.74 Å². The zero-order chi connectivity index (χ0) is 14.3. The van der Waals surface area contributed by atoms with Crippen LogP contribution in [-0.2, 0) is 11.3 Å². The molecular formula is C15H24N2O2. The Bertz CT molecular complexity index is 417. The summed E-state index contributed by atoms with van der Waals surface area (Å²) in [7, 11) is 1.66. The number of hydrogen-bond donors (Lipinski definition) is 2. The predicted molar refractivity (Wildman–Crippen MR) is 77.3 cm³/mol. The van der Waals surface area contributed by atoms with E-state index in [1.807, 2.05) is 19.1 Å². The van der Waals surface area contributed by atoms with Gasteiger partial charge >= 0.3 is 0 Å². The van der Waals surface area contributed by atoms with Gasteiger partial charge in [0.25, 0.3) is 0 Å². The summed E-state index contributed by atoms with van der Waals surface area (Å²) in [4.78, 5) is 11.6. The van der Waals surface area contributed by atoms with Crippen molar-refractivity contribution in [2.24, 2.45) is 5.92 Å². The molecule has 1 aromatic rings. The van der Waals surface area contributed by atoms with Crippen LogP contribution in [0.3, 0.4) is 0 Å². The Morgan fingerprint density at radius 2 is 2.11 bits per heavy atom. The minimum Gasteiger partial charge on any atom is -0.496 e. The molecule has 0 spiro atoms. The number of ether oxygens (including phenoxy) is 1. The van der Waals surface area contributed by atoms with Crippen LogP contribution in [-0.4, -0.2) is 26.1 Å². The molecule has 0 saturated carbocycles. The van der Waals surface area contributed by atoms with Gasteiger partial charge in [0.2, 0.25) is 5.91 Å². The fraction of sp³-hybridized carbons (Fsp3) is 0.533. The number of amides is 1. The standard InChI is InChI=1S/C15H24N2O2/c1-11(2)8-17-15(18)10-16-9-13-7-12(3)5-6-14(13)19-4/h5-7,11,16H,8-10H2,1-4H3,(H,17,18). The van der Waals surface area contributed by atoms with E-state index in [2.05, 4.69) is 30.5 Å². The predicted octanol–water partition coefficient (Wildman–Crippen LogP) is 1.87. The van der Waals surface area contributed by atoms with Crippen molar-refractivity contribution in [3.05, 3.63) is 29.3 Å². The van der Waals surface area contributed by atoms with Crippen LogP contribution in [0, 0.1) is 12.8 Å². The maximum absolute atomic E-state index is 11.6. The summed E-state index contributed by atoms with van der Waals surface area (Å²) in [6.07, 6.45) is 0. The Labute approximate surface area is 115 Å². The van der Waals surface area contributed by atoms with E-state index in [1.165, 1.54) is 5.56 Å². The van der Waals surface area contributed by atoms with Crippen molar-refractivity contribution >= 4 is 5.91 Å². The van der Waals surface area contributed by atoms with Crippen LogP contribution in [0.15, 0.2) is 18.2 Å². The summed E-state index contributed by atoms with van der Waals surface area (Å²) in [5.74, 6) is 1.35. The number of rotatable bonds is 7. The number of carbonyl (C=O) groups is 1. The molecule has 0 atom stereocenters. The molecule has 0 aliphatic carbocycles. The maximum Gasteiger partial charge on any atom is 0.233 e. The highest BCUT2D eigenvalue weighted by Crippen LogP contribution is 2.19. The number of nitrogens with one attached hydrogen (secondary N) is 2. The largest absolute Gasteiger partial charge is 0.496 e. The minimum absolute atomic E-state index is 0.0281. The van der Waals surface area contributed by atoms with Crippen molar-refractivity contribution in [3.8, 4) is 5.75 Å². The zero-order valence-corrected chi connectivity index (χ0v) is 12.2. The topological polar surface area (TPSA) is 50.4 Å². The molecule has 106 valence electrons. The molecule has 0 heterocycles. The van der Waals surface area contributed by atoms with Gasteiger partial charge in [-0.25, -0.2) is 0 Å². The molecule has 0 fully saturated rings. The van der Waals surface area contributed by atoms with Crippen LogP contribution in [0.1, 0.15) is 25.0 Å². The van der Waals surface area contributed by atoms with E-state index in [9.17, 15) is 4.79 Å². The fourth-order valence-corrected chi connectivity index (χ4v) is 1.74. The lowest BCUT2D eigenvalue weighted by Crippen LogP contribution is -2.35. The molecule has 4 nitrogen and oxygen atoms in total. The van der Waals surface area contributed by atoms with Crippen LogP contribution in [0.25, 0.3) is 0 Å². The second-order valence-corrected chi connectivity index (χ2v) is 5.12. The van der Waals surface area contributed by atoms with Gasteiger partial charge < -0.3 is 15.4 Å². The van der Waals surface area contributed by atoms with Gasteiger partial charge in [0, 0.05) is 18.7 Å². The molecule has 0 bridgehead atoms. The van der Waals surface area contributed by atoms with E-state index in [1.54, 1.807) is 7.11 Å². The third kappa shape index (κ3) is 5.75. The van der Waals surface area contributed by atoms with Crippen molar-refractivity contribution in [2.45, 2.75) is 27.3 Å². The lowest BCUT2D eigenvalue weighted by atomic mass is 10.1. The minimum atomic E-state index is 0.0281. The van der Waals surface area contributed by atoms with Crippen LogP contribution in [0.2, 0.25) is 0 Å². The summed E-state index contributed by atoms with van der Waals surface area (Å²) >= 11 is 0. The lowest BCUT2D eigenvalue weighted by Gasteiger charge is -2.11. The van der Waals surface area contributed by atoms with Crippen molar-refractivity contribution in [3.63, 3.8) is 0 Å². The van der Waals surface area contributed by atoms with Gasteiger partial charge in [-0.1, -0.05) is 31.5 Å². The molecule has 0 aromatic heterocycles. The van der Waals surface area contributed by atoms with E-state index in [0.29, 0.717) is 25.6 Å². The number of methoxy groups -OCH3 is 1.